The molecule has 3 heterocycles. The molecule has 3 rings (SSSR count). The van der Waals surface area contributed by atoms with Gasteiger partial charge < -0.3 is 20.1 Å². The van der Waals surface area contributed by atoms with Crippen LogP contribution in [-0.2, 0) is 19.1 Å². The summed E-state index contributed by atoms with van der Waals surface area (Å²) >= 11 is 1.63. The van der Waals surface area contributed by atoms with Gasteiger partial charge in [-0.1, -0.05) is 26.7 Å². The molecule has 164 valence electrons. The number of thioether (sulfide) groups is 1. The molecule has 3 unspecified atom stereocenters. The lowest BCUT2D eigenvalue weighted by Crippen LogP contribution is -2.58. The Labute approximate surface area is 177 Å². The molecule has 1 spiro atoms. The van der Waals surface area contributed by atoms with E-state index in [1.54, 1.807) is 30.5 Å². The monoisotopic (exact) mass is 426 g/mol. The molecule has 0 radical (unpaired) electrons. The van der Waals surface area contributed by atoms with Crippen molar-refractivity contribution in [1.82, 2.24) is 10.2 Å². The molecule has 0 aromatic rings. The van der Waals surface area contributed by atoms with Crippen LogP contribution in [0.15, 0.2) is 0 Å². The average Bonchev–Trinajstić information content (AvgIpc) is 3.28. The number of fused-ring (bicyclic) bond motifs is 1. The molecular weight excluding hydrogens is 392 g/mol. The number of ether oxygens (including phenoxy) is 1. The van der Waals surface area contributed by atoms with Gasteiger partial charge in [0.25, 0.3) is 0 Å². The Hall–Kier alpha value is -1.28. The number of amides is 2. The largest absolute Gasteiger partial charge is 0.466 e. The lowest BCUT2D eigenvalue weighted by atomic mass is 9.66. The zero-order chi connectivity index (χ0) is 21.3. The van der Waals surface area contributed by atoms with Crippen molar-refractivity contribution in [1.29, 1.82) is 0 Å². The van der Waals surface area contributed by atoms with Crippen LogP contribution in [0.2, 0.25) is 0 Å². The zero-order valence-electron chi connectivity index (χ0n) is 17.8. The van der Waals surface area contributed by atoms with E-state index in [0.29, 0.717) is 6.54 Å². The summed E-state index contributed by atoms with van der Waals surface area (Å²) in [5.41, 5.74) is 0. The minimum Gasteiger partial charge on any atom is -0.466 e. The first-order valence-electron chi connectivity index (χ1n) is 10.9. The highest BCUT2D eigenvalue weighted by atomic mass is 32.2. The summed E-state index contributed by atoms with van der Waals surface area (Å²) in [6.45, 7) is 8.34. The fourth-order valence-electron chi connectivity index (χ4n) is 5.51. The smallest absolute Gasteiger partial charge is 0.310 e. The Morgan fingerprint density at radius 1 is 1.38 bits per heavy atom. The van der Waals surface area contributed by atoms with Crippen LogP contribution in [0.4, 0.5) is 0 Å². The van der Waals surface area contributed by atoms with E-state index in [4.69, 9.17) is 4.74 Å². The highest BCUT2D eigenvalue weighted by molar-refractivity contribution is 8.02. The topological polar surface area (TPSA) is 95.9 Å². The summed E-state index contributed by atoms with van der Waals surface area (Å²) in [5.74, 6) is -1.66. The summed E-state index contributed by atoms with van der Waals surface area (Å²) < 4.78 is 4.66. The third-order valence-corrected chi connectivity index (χ3v) is 8.89. The molecule has 0 aromatic carbocycles. The van der Waals surface area contributed by atoms with Crippen LogP contribution in [-0.4, -0.2) is 69.6 Å². The van der Waals surface area contributed by atoms with E-state index in [0.717, 1.165) is 25.7 Å². The van der Waals surface area contributed by atoms with Crippen molar-refractivity contribution in [3.63, 3.8) is 0 Å². The first-order chi connectivity index (χ1) is 13.8. The first-order valence-corrected chi connectivity index (χ1v) is 11.8. The number of likely N-dealkylation sites (tertiary alicyclic amines) is 1. The molecule has 2 bridgehead atoms. The highest BCUT2D eigenvalue weighted by Gasteiger charge is 2.76. The van der Waals surface area contributed by atoms with Crippen LogP contribution in [0.25, 0.3) is 0 Å². The van der Waals surface area contributed by atoms with Gasteiger partial charge in [-0.05, 0) is 32.6 Å². The van der Waals surface area contributed by atoms with Gasteiger partial charge in [-0.15, -0.1) is 11.8 Å². The number of aliphatic hydroxyl groups is 1. The average molecular weight is 427 g/mol. The van der Waals surface area contributed by atoms with Crippen LogP contribution in [0.3, 0.4) is 0 Å². The molecule has 3 saturated heterocycles. The number of nitrogens with zero attached hydrogens (tertiary/aromatic N) is 1. The standard InChI is InChI=1S/C21H34N2O5S/c1-5-7-8-9-22-18(25)17-21-12(3)10-14(29-21)15(20(27)28-6-2)16(21)19(26)23(17)13(4)11-24/h12-17,24H,5-11H2,1-4H3,(H,22,25)/t12?,13-,14+,15-,16+,17?,21?/m1/s1. The molecule has 2 amide bonds. The Morgan fingerprint density at radius 3 is 2.72 bits per heavy atom. The second-order valence-electron chi connectivity index (χ2n) is 8.58. The first kappa shape index (κ1) is 22.4. The molecule has 7 atom stereocenters. The van der Waals surface area contributed by atoms with E-state index < -0.39 is 28.7 Å². The number of aliphatic hydroxyl groups excluding tert-OH is 1. The van der Waals surface area contributed by atoms with Gasteiger partial charge in [0.05, 0.1) is 35.8 Å². The quantitative estimate of drug-likeness (QED) is 0.429. The molecule has 0 aromatic heterocycles. The zero-order valence-corrected chi connectivity index (χ0v) is 18.7. The molecule has 29 heavy (non-hydrogen) atoms. The van der Waals surface area contributed by atoms with Gasteiger partial charge in [0, 0.05) is 11.8 Å². The molecule has 7 nitrogen and oxygen atoms in total. The number of hydrogen-bond acceptors (Lipinski definition) is 6. The van der Waals surface area contributed by atoms with Gasteiger partial charge in [-0.3, -0.25) is 14.4 Å². The van der Waals surface area contributed by atoms with Gasteiger partial charge in [-0.25, -0.2) is 0 Å². The molecule has 8 heteroatoms. The van der Waals surface area contributed by atoms with Gasteiger partial charge in [0.15, 0.2) is 0 Å². The number of carbonyl (C=O) groups excluding carboxylic acids is 3. The predicted molar refractivity (Wildman–Crippen MR) is 111 cm³/mol. The summed E-state index contributed by atoms with van der Waals surface area (Å²) in [5, 5.41) is 12.8. The fourth-order valence-corrected chi connectivity index (χ4v) is 7.91. The lowest BCUT2D eigenvalue weighted by Gasteiger charge is -2.39. The molecule has 2 N–H and O–H groups in total. The van der Waals surface area contributed by atoms with Gasteiger partial charge in [-0.2, -0.15) is 0 Å². The van der Waals surface area contributed by atoms with Crippen LogP contribution in [0.1, 0.15) is 53.4 Å². The maximum Gasteiger partial charge on any atom is 0.310 e. The van der Waals surface area contributed by atoms with E-state index in [9.17, 15) is 19.5 Å². The predicted octanol–water partition coefficient (Wildman–Crippen LogP) is 1.57. The second-order valence-corrected chi connectivity index (χ2v) is 10.1. The number of hydrogen-bond donors (Lipinski definition) is 2. The molecule has 3 aliphatic heterocycles. The number of unbranched alkanes of at least 4 members (excludes halogenated alkanes) is 2. The van der Waals surface area contributed by atoms with Crippen LogP contribution >= 0.6 is 11.8 Å². The van der Waals surface area contributed by atoms with E-state index >= 15 is 0 Å². The minimum atomic E-state index is -0.673. The molecule has 3 fully saturated rings. The molecule has 0 saturated carbocycles. The maximum absolute atomic E-state index is 13.5. The van der Waals surface area contributed by atoms with E-state index in [1.807, 2.05) is 0 Å². The van der Waals surface area contributed by atoms with Crippen molar-refractivity contribution < 1.29 is 24.2 Å². The number of esters is 1. The minimum absolute atomic E-state index is 0.0000240. The second kappa shape index (κ2) is 8.84. The van der Waals surface area contributed by atoms with Crippen molar-refractivity contribution in [2.45, 2.75) is 75.5 Å². The van der Waals surface area contributed by atoms with Crippen molar-refractivity contribution in [2.24, 2.45) is 17.8 Å². The lowest BCUT2D eigenvalue weighted by molar-refractivity contribution is -0.154. The normalized spacial score (nSPS) is 36.2. The van der Waals surface area contributed by atoms with Gasteiger partial charge in [0.1, 0.15) is 6.04 Å². The summed E-state index contributed by atoms with van der Waals surface area (Å²) in [7, 11) is 0. The Morgan fingerprint density at radius 2 is 2.10 bits per heavy atom. The van der Waals surface area contributed by atoms with E-state index in [-0.39, 0.29) is 42.2 Å². The van der Waals surface area contributed by atoms with Crippen molar-refractivity contribution in [2.75, 3.05) is 19.8 Å². The summed E-state index contributed by atoms with van der Waals surface area (Å²) in [4.78, 5) is 41.2. The van der Waals surface area contributed by atoms with E-state index in [2.05, 4.69) is 19.2 Å². The van der Waals surface area contributed by atoms with Crippen molar-refractivity contribution in [3.05, 3.63) is 0 Å². The summed E-state index contributed by atoms with van der Waals surface area (Å²) in [6.07, 6.45) is 3.78. The van der Waals surface area contributed by atoms with Crippen LogP contribution in [0.5, 0.6) is 0 Å². The van der Waals surface area contributed by atoms with E-state index in [1.165, 1.54) is 0 Å². The van der Waals surface area contributed by atoms with Crippen LogP contribution < -0.4 is 5.32 Å². The third-order valence-electron chi connectivity index (χ3n) is 6.81. The number of rotatable bonds is 9. The highest BCUT2D eigenvalue weighted by Crippen LogP contribution is 2.68. The number of carbonyl (C=O) groups is 3. The SMILES string of the molecule is CCCCCNC(=O)C1N([C@H](C)CO)C(=O)[C@@H]2[C@H](C(=O)OCC)[C@@H]3CC(C)C12S3. The van der Waals surface area contributed by atoms with Crippen LogP contribution in [0, 0.1) is 17.8 Å². The molecule has 3 aliphatic rings. The Kier molecular flexibility index (Phi) is 6.83. The van der Waals surface area contributed by atoms with Gasteiger partial charge >= 0.3 is 5.97 Å². The third kappa shape index (κ3) is 3.46. The fraction of sp³-hybridized carbons (Fsp3) is 0.857. The van der Waals surface area contributed by atoms with Crippen molar-refractivity contribution >= 4 is 29.5 Å². The molecular formula is C21H34N2O5S. The Bertz CT molecular complexity index is 659. The molecule has 0 aliphatic carbocycles. The Balaban J connectivity index is 1.96. The number of nitrogens with one attached hydrogen (secondary N) is 1. The van der Waals surface area contributed by atoms with Gasteiger partial charge in [0.2, 0.25) is 11.8 Å². The van der Waals surface area contributed by atoms with Crippen molar-refractivity contribution in [3.8, 4) is 0 Å². The maximum atomic E-state index is 13.5. The summed E-state index contributed by atoms with van der Waals surface area (Å²) in [6, 6.07) is -1.16.